The Morgan fingerprint density at radius 1 is 1.08 bits per heavy atom. The molecule has 2 aromatic rings. The van der Waals surface area contributed by atoms with Gasteiger partial charge in [-0.1, -0.05) is 36.4 Å². The number of piperazine rings is 1. The first-order chi connectivity index (χ1) is 12.1. The van der Waals surface area contributed by atoms with Crippen LogP contribution in [0.3, 0.4) is 0 Å². The van der Waals surface area contributed by atoms with Crippen LogP contribution in [0, 0.1) is 0 Å². The number of hydrogen-bond donors (Lipinski definition) is 1. The highest BCUT2D eigenvalue weighted by atomic mass is 16.3. The summed E-state index contributed by atoms with van der Waals surface area (Å²) in [4.78, 5) is 5.02. The molecule has 0 amide bonds. The molecule has 0 radical (unpaired) electrons. The zero-order chi connectivity index (χ0) is 17.8. The third kappa shape index (κ3) is 4.05. The zero-order valence-corrected chi connectivity index (χ0v) is 15.2. The third-order valence-electron chi connectivity index (χ3n) is 5.08. The fourth-order valence-corrected chi connectivity index (χ4v) is 3.78. The van der Waals surface area contributed by atoms with E-state index in [4.69, 9.17) is 0 Å². The number of nitrogens with zero attached hydrogens (tertiary/aromatic N) is 2. The molecule has 0 saturated carbocycles. The second kappa shape index (κ2) is 7.75. The minimum Gasteiger partial charge on any atom is -0.508 e. The summed E-state index contributed by atoms with van der Waals surface area (Å²) in [5.41, 5.74) is 3.76. The first kappa shape index (κ1) is 17.6. The Hall–Kier alpha value is -2.26. The summed E-state index contributed by atoms with van der Waals surface area (Å²) in [6.45, 7) is 11.5. The third-order valence-corrected chi connectivity index (χ3v) is 5.08. The molecule has 3 rings (SSSR count). The van der Waals surface area contributed by atoms with Crippen molar-refractivity contribution in [2.45, 2.75) is 32.4 Å². The van der Waals surface area contributed by atoms with Crippen molar-refractivity contribution in [1.82, 2.24) is 4.90 Å². The number of para-hydroxylation sites is 1. The van der Waals surface area contributed by atoms with E-state index in [1.807, 2.05) is 18.2 Å². The van der Waals surface area contributed by atoms with E-state index in [1.54, 1.807) is 6.07 Å². The van der Waals surface area contributed by atoms with Crippen LogP contribution < -0.4 is 4.90 Å². The topological polar surface area (TPSA) is 26.7 Å². The monoisotopic (exact) mass is 336 g/mol. The van der Waals surface area contributed by atoms with Crippen molar-refractivity contribution in [2.75, 3.05) is 24.5 Å². The van der Waals surface area contributed by atoms with Crippen molar-refractivity contribution in [3.63, 3.8) is 0 Å². The van der Waals surface area contributed by atoms with Gasteiger partial charge in [0.1, 0.15) is 5.75 Å². The highest BCUT2D eigenvalue weighted by molar-refractivity contribution is 5.56. The Labute approximate surface area is 151 Å². The molecule has 25 heavy (non-hydrogen) atoms. The number of aromatic hydroxyl groups is 1. The fourth-order valence-electron chi connectivity index (χ4n) is 3.78. The van der Waals surface area contributed by atoms with Gasteiger partial charge in [0.25, 0.3) is 0 Å². The van der Waals surface area contributed by atoms with Crippen LogP contribution in [0.5, 0.6) is 5.75 Å². The minimum absolute atomic E-state index is 0.329. The first-order valence-electron chi connectivity index (χ1n) is 9.06. The van der Waals surface area contributed by atoms with Crippen molar-refractivity contribution in [2.24, 2.45) is 0 Å². The summed E-state index contributed by atoms with van der Waals surface area (Å²) >= 11 is 0. The van der Waals surface area contributed by atoms with Crippen molar-refractivity contribution >= 4 is 5.69 Å². The Kier molecular flexibility index (Phi) is 5.44. The number of phenols is 1. The molecule has 1 heterocycles. The highest BCUT2D eigenvalue weighted by Gasteiger charge is 2.29. The van der Waals surface area contributed by atoms with Gasteiger partial charge in [-0.2, -0.15) is 0 Å². The maximum atomic E-state index is 9.74. The van der Waals surface area contributed by atoms with Crippen LogP contribution in [0.25, 0.3) is 0 Å². The van der Waals surface area contributed by atoms with Gasteiger partial charge >= 0.3 is 0 Å². The molecule has 132 valence electrons. The molecule has 1 aliphatic heterocycles. The lowest BCUT2D eigenvalue weighted by atomic mass is 9.99. The smallest absolute Gasteiger partial charge is 0.115 e. The van der Waals surface area contributed by atoms with Crippen molar-refractivity contribution < 1.29 is 5.11 Å². The van der Waals surface area contributed by atoms with Crippen LogP contribution >= 0.6 is 0 Å². The summed E-state index contributed by atoms with van der Waals surface area (Å²) in [7, 11) is 0. The largest absolute Gasteiger partial charge is 0.508 e. The Morgan fingerprint density at radius 3 is 2.64 bits per heavy atom. The molecule has 1 aliphatic rings. The summed E-state index contributed by atoms with van der Waals surface area (Å²) < 4.78 is 0. The van der Waals surface area contributed by atoms with E-state index in [0.29, 0.717) is 17.8 Å². The van der Waals surface area contributed by atoms with Crippen LogP contribution in [0.4, 0.5) is 5.69 Å². The summed E-state index contributed by atoms with van der Waals surface area (Å²) in [6, 6.07) is 17.2. The average molecular weight is 336 g/mol. The molecular weight excluding hydrogens is 308 g/mol. The molecule has 1 saturated heterocycles. The van der Waals surface area contributed by atoms with E-state index in [2.05, 4.69) is 60.6 Å². The second-order valence-electron chi connectivity index (χ2n) is 7.07. The van der Waals surface area contributed by atoms with Gasteiger partial charge in [-0.3, -0.25) is 4.90 Å². The van der Waals surface area contributed by atoms with E-state index >= 15 is 0 Å². The normalized spacial score (nSPS) is 21.3. The predicted molar refractivity (Wildman–Crippen MR) is 105 cm³/mol. The number of hydrogen-bond acceptors (Lipinski definition) is 3. The lowest BCUT2D eigenvalue weighted by Gasteiger charge is -2.45. The molecule has 0 aliphatic carbocycles. The Balaban J connectivity index is 1.84. The zero-order valence-electron chi connectivity index (χ0n) is 15.2. The van der Waals surface area contributed by atoms with E-state index < -0.39 is 0 Å². The van der Waals surface area contributed by atoms with E-state index in [-0.39, 0.29) is 0 Å². The predicted octanol–water partition coefficient (Wildman–Crippen LogP) is 4.07. The van der Waals surface area contributed by atoms with E-state index in [9.17, 15) is 5.11 Å². The van der Waals surface area contributed by atoms with Gasteiger partial charge in [0.15, 0.2) is 0 Å². The Bertz CT molecular complexity index is 727. The molecule has 3 heteroatoms. The minimum atomic E-state index is 0.329. The number of rotatable bonds is 5. The summed E-state index contributed by atoms with van der Waals surface area (Å²) in [6.07, 6.45) is 2.83. The SMILES string of the molecule is C=CCN1CC(C)N(c2ccccc2Cc2cccc(O)c2)CC1C. The number of phenolic OH excluding ortho intramolecular Hbond substituents is 1. The number of benzene rings is 2. The lowest BCUT2D eigenvalue weighted by molar-refractivity contribution is 0.184. The summed E-state index contributed by atoms with van der Waals surface area (Å²) in [5, 5.41) is 9.74. The maximum Gasteiger partial charge on any atom is 0.115 e. The average Bonchev–Trinajstić information content (AvgIpc) is 2.59. The van der Waals surface area contributed by atoms with Crippen LogP contribution in [-0.2, 0) is 6.42 Å². The van der Waals surface area contributed by atoms with Gasteiger partial charge in [0, 0.05) is 37.4 Å². The van der Waals surface area contributed by atoms with Gasteiger partial charge in [-0.25, -0.2) is 0 Å². The summed E-state index contributed by atoms with van der Waals surface area (Å²) in [5.74, 6) is 0.329. The molecule has 0 aromatic heterocycles. The quantitative estimate of drug-likeness (QED) is 0.834. The standard InChI is InChI=1S/C22H28N2O/c1-4-12-23-15-18(3)24(16-17(23)2)22-11-6-5-9-20(22)13-19-8-7-10-21(25)14-19/h4-11,14,17-18,25H,1,12-13,15-16H2,2-3H3. The van der Waals surface area contributed by atoms with Crippen molar-refractivity contribution in [1.29, 1.82) is 0 Å². The van der Waals surface area contributed by atoms with Crippen molar-refractivity contribution in [3.8, 4) is 5.75 Å². The second-order valence-corrected chi connectivity index (χ2v) is 7.07. The van der Waals surface area contributed by atoms with Crippen LogP contribution in [-0.4, -0.2) is 41.7 Å². The molecule has 2 atom stereocenters. The molecule has 2 aromatic carbocycles. The number of anilines is 1. The molecule has 1 fully saturated rings. The van der Waals surface area contributed by atoms with Gasteiger partial charge in [-0.15, -0.1) is 6.58 Å². The first-order valence-corrected chi connectivity index (χ1v) is 9.06. The molecular formula is C22H28N2O. The molecule has 0 bridgehead atoms. The molecule has 2 unspecified atom stereocenters. The van der Waals surface area contributed by atoms with Gasteiger partial charge in [-0.05, 0) is 49.6 Å². The van der Waals surface area contributed by atoms with Crippen LogP contribution in [0.15, 0.2) is 61.2 Å². The maximum absolute atomic E-state index is 9.74. The van der Waals surface area contributed by atoms with Gasteiger partial charge < -0.3 is 10.0 Å². The van der Waals surface area contributed by atoms with E-state index in [1.165, 1.54) is 11.3 Å². The molecule has 3 nitrogen and oxygen atoms in total. The van der Waals surface area contributed by atoms with Gasteiger partial charge in [0.05, 0.1) is 0 Å². The Morgan fingerprint density at radius 2 is 1.88 bits per heavy atom. The lowest BCUT2D eigenvalue weighted by Crippen LogP contribution is -2.56. The highest BCUT2D eigenvalue weighted by Crippen LogP contribution is 2.29. The fraction of sp³-hybridized carbons (Fsp3) is 0.364. The van der Waals surface area contributed by atoms with Crippen LogP contribution in [0.1, 0.15) is 25.0 Å². The molecule has 0 spiro atoms. The van der Waals surface area contributed by atoms with Gasteiger partial charge in [0.2, 0.25) is 0 Å². The van der Waals surface area contributed by atoms with Crippen LogP contribution in [0.2, 0.25) is 0 Å². The molecule has 1 N–H and O–H groups in total. The van der Waals surface area contributed by atoms with Crippen molar-refractivity contribution in [3.05, 3.63) is 72.3 Å². The van der Waals surface area contributed by atoms with E-state index in [0.717, 1.165) is 31.6 Å².